The van der Waals surface area contributed by atoms with Crippen molar-refractivity contribution in [2.75, 3.05) is 18.4 Å². The maximum absolute atomic E-state index is 12.5. The lowest BCUT2D eigenvalue weighted by atomic mass is 9.94. The molecule has 3 amide bonds. The van der Waals surface area contributed by atoms with Gasteiger partial charge in [0, 0.05) is 18.7 Å². The molecule has 0 spiro atoms. The summed E-state index contributed by atoms with van der Waals surface area (Å²) >= 11 is 0. The Morgan fingerprint density at radius 3 is 2.78 bits per heavy atom. The zero-order chi connectivity index (χ0) is 16.5. The van der Waals surface area contributed by atoms with E-state index >= 15 is 0 Å². The number of aromatic nitrogens is 1. The predicted molar refractivity (Wildman–Crippen MR) is 87.0 cm³/mol. The number of carbonyl (C=O) groups is 2. The van der Waals surface area contributed by atoms with Crippen molar-refractivity contribution in [3.63, 3.8) is 0 Å². The topological polar surface area (TPSA) is 87.5 Å². The minimum absolute atomic E-state index is 0.0372. The van der Waals surface area contributed by atoms with Crippen LogP contribution in [0, 0.1) is 0 Å². The highest BCUT2D eigenvalue weighted by atomic mass is 16.5. The normalized spacial score (nSPS) is 15.2. The van der Waals surface area contributed by atoms with E-state index in [1.807, 2.05) is 0 Å². The molecular formula is C16H26N4O3. The molecule has 1 aromatic rings. The number of urea groups is 1. The van der Waals surface area contributed by atoms with E-state index in [2.05, 4.69) is 22.7 Å². The van der Waals surface area contributed by atoms with Crippen LogP contribution in [0.3, 0.4) is 0 Å². The van der Waals surface area contributed by atoms with Gasteiger partial charge in [-0.25, -0.2) is 4.79 Å². The minimum Gasteiger partial charge on any atom is -0.363 e. The molecule has 0 bridgehead atoms. The van der Waals surface area contributed by atoms with Crippen molar-refractivity contribution in [3.8, 4) is 0 Å². The molecule has 1 aliphatic carbocycles. The second kappa shape index (κ2) is 9.17. The van der Waals surface area contributed by atoms with Gasteiger partial charge in [-0.3, -0.25) is 4.79 Å². The number of anilines is 1. The van der Waals surface area contributed by atoms with Crippen LogP contribution in [0.2, 0.25) is 0 Å². The van der Waals surface area contributed by atoms with Crippen LogP contribution in [0.15, 0.2) is 16.9 Å². The molecular weight excluding hydrogens is 296 g/mol. The number of nitrogens with one attached hydrogen (secondary N) is 2. The monoisotopic (exact) mass is 322 g/mol. The van der Waals surface area contributed by atoms with Crippen LogP contribution >= 0.6 is 0 Å². The molecule has 0 saturated heterocycles. The lowest BCUT2D eigenvalue weighted by molar-refractivity contribution is -0.117. The van der Waals surface area contributed by atoms with Crippen LogP contribution in [0.5, 0.6) is 0 Å². The fourth-order valence-electron chi connectivity index (χ4n) is 2.85. The van der Waals surface area contributed by atoms with Gasteiger partial charge >= 0.3 is 6.03 Å². The van der Waals surface area contributed by atoms with Crippen LogP contribution < -0.4 is 10.6 Å². The van der Waals surface area contributed by atoms with Gasteiger partial charge < -0.3 is 20.1 Å². The molecule has 1 heterocycles. The highest BCUT2D eigenvalue weighted by Crippen LogP contribution is 2.22. The van der Waals surface area contributed by atoms with E-state index in [1.54, 1.807) is 11.0 Å². The molecule has 1 aliphatic rings. The Morgan fingerprint density at radius 2 is 2.13 bits per heavy atom. The van der Waals surface area contributed by atoms with Gasteiger partial charge in [0.05, 0.1) is 0 Å². The summed E-state index contributed by atoms with van der Waals surface area (Å²) in [6.07, 6.45) is 8.68. The quantitative estimate of drug-likeness (QED) is 0.756. The molecule has 7 heteroatoms. The molecule has 0 atom stereocenters. The Balaban J connectivity index is 1.94. The molecule has 1 aromatic heterocycles. The molecule has 1 fully saturated rings. The number of rotatable bonds is 7. The summed E-state index contributed by atoms with van der Waals surface area (Å²) in [6.45, 7) is 2.76. The molecule has 0 unspecified atom stereocenters. The van der Waals surface area contributed by atoms with Crippen molar-refractivity contribution in [1.29, 1.82) is 0 Å². The number of carbonyl (C=O) groups excluding carboxylic acids is 2. The lowest BCUT2D eigenvalue weighted by Crippen LogP contribution is -2.50. The number of nitrogens with zero attached hydrogens (tertiary/aromatic N) is 2. The SMILES string of the molecule is CCCCNC(=O)N(CC(=O)Nc1ccon1)C1CCCCC1. The predicted octanol–water partition coefficient (Wildman–Crippen LogP) is 2.76. The van der Waals surface area contributed by atoms with Crippen molar-refractivity contribution in [2.24, 2.45) is 0 Å². The Bertz CT molecular complexity index is 484. The Labute approximate surface area is 136 Å². The summed E-state index contributed by atoms with van der Waals surface area (Å²) in [7, 11) is 0. The number of unbranched alkanes of at least 4 members (excludes halogenated alkanes) is 1. The molecule has 7 nitrogen and oxygen atoms in total. The Morgan fingerprint density at radius 1 is 1.35 bits per heavy atom. The van der Waals surface area contributed by atoms with Gasteiger partial charge in [0.15, 0.2) is 5.82 Å². The van der Waals surface area contributed by atoms with Crippen LogP contribution in [0.4, 0.5) is 10.6 Å². The summed E-state index contributed by atoms with van der Waals surface area (Å²) in [6, 6.07) is 1.55. The number of hydrogen-bond donors (Lipinski definition) is 2. The molecule has 128 valence electrons. The second-order valence-electron chi connectivity index (χ2n) is 5.94. The van der Waals surface area contributed by atoms with E-state index < -0.39 is 0 Å². The first-order valence-electron chi connectivity index (χ1n) is 8.45. The Kier molecular flexibility index (Phi) is 6.90. The zero-order valence-corrected chi connectivity index (χ0v) is 13.7. The fraction of sp³-hybridized carbons (Fsp3) is 0.688. The van der Waals surface area contributed by atoms with Crippen molar-refractivity contribution in [2.45, 2.75) is 57.9 Å². The zero-order valence-electron chi connectivity index (χ0n) is 13.7. The molecule has 0 radical (unpaired) electrons. The minimum atomic E-state index is -0.255. The van der Waals surface area contributed by atoms with E-state index in [1.165, 1.54) is 12.7 Å². The second-order valence-corrected chi connectivity index (χ2v) is 5.94. The van der Waals surface area contributed by atoms with E-state index in [0.717, 1.165) is 38.5 Å². The summed E-state index contributed by atoms with van der Waals surface area (Å²) in [5.74, 6) is 0.111. The summed E-state index contributed by atoms with van der Waals surface area (Å²) in [4.78, 5) is 26.3. The highest BCUT2D eigenvalue weighted by Gasteiger charge is 2.27. The average molecular weight is 322 g/mol. The first kappa shape index (κ1) is 17.3. The molecule has 1 saturated carbocycles. The van der Waals surface area contributed by atoms with Gasteiger partial charge in [-0.2, -0.15) is 0 Å². The smallest absolute Gasteiger partial charge is 0.318 e. The van der Waals surface area contributed by atoms with Crippen molar-refractivity contribution in [3.05, 3.63) is 12.3 Å². The maximum Gasteiger partial charge on any atom is 0.318 e. The number of amides is 3. The van der Waals surface area contributed by atoms with Crippen molar-refractivity contribution < 1.29 is 14.1 Å². The van der Waals surface area contributed by atoms with Crippen molar-refractivity contribution >= 4 is 17.8 Å². The van der Waals surface area contributed by atoms with Crippen LogP contribution in [-0.4, -0.2) is 41.1 Å². The molecule has 2 N–H and O–H groups in total. The first-order valence-corrected chi connectivity index (χ1v) is 8.45. The largest absolute Gasteiger partial charge is 0.363 e. The van der Waals surface area contributed by atoms with E-state index in [-0.39, 0.29) is 24.5 Å². The average Bonchev–Trinajstić information content (AvgIpc) is 3.06. The van der Waals surface area contributed by atoms with Crippen LogP contribution in [-0.2, 0) is 4.79 Å². The third kappa shape index (κ3) is 5.58. The molecule has 2 rings (SSSR count). The van der Waals surface area contributed by atoms with Crippen LogP contribution in [0.25, 0.3) is 0 Å². The Hall–Kier alpha value is -2.05. The van der Waals surface area contributed by atoms with E-state index in [0.29, 0.717) is 12.4 Å². The lowest BCUT2D eigenvalue weighted by Gasteiger charge is -2.33. The summed E-state index contributed by atoms with van der Waals surface area (Å²) < 4.78 is 4.69. The standard InChI is InChI=1S/C16H26N4O3/c1-2-3-10-17-16(22)20(13-7-5-4-6-8-13)12-15(21)18-14-9-11-23-19-14/h9,11,13H,2-8,10,12H2,1H3,(H,17,22)(H,18,19,21). The molecule has 0 aromatic carbocycles. The van der Waals surface area contributed by atoms with Crippen LogP contribution in [0.1, 0.15) is 51.9 Å². The maximum atomic E-state index is 12.5. The van der Waals surface area contributed by atoms with Gasteiger partial charge in [0.2, 0.25) is 5.91 Å². The first-order chi connectivity index (χ1) is 11.2. The summed E-state index contributed by atoms with van der Waals surface area (Å²) in [5, 5.41) is 9.22. The van der Waals surface area contributed by atoms with Gasteiger partial charge in [-0.1, -0.05) is 37.8 Å². The van der Waals surface area contributed by atoms with Crippen molar-refractivity contribution in [1.82, 2.24) is 15.4 Å². The molecule has 0 aliphatic heterocycles. The summed E-state index contributed by atoms with van der Waals surface area (Å²) in [5.41, 5.74) is 0. The fourth-order valence-corrected chi connectivity index (χ4v) is 2.85. The van der Waals surface area contributed by atoms with Gasteiger partial charge in [-0.15, -0.1) is 0 Å². The van der Waals surface area contributed by atoms with Gasteiger partial charge in [-0.05, 0) is 19.3 Å². The number of hydrogen-bond acceptors (Lipinski definition) is 4. The highest BCUT2D eigenvalue weighted by molar-refractivity contribution is 5.93. The third-order valence-electron chi connectivity index (χ3n) is 4.10. The van der Waals surface area contributed by atoms with E-state index in [4.69, 9.17) is 4.52 Å². The van der Waals surface area contributed by atoms with Gasteiger partial charge in [0.1, 0.15) is 12.8 Å². The van der Waals surface area contributed by atoms with Gasteiger partial charge in [0.25, 0.3) is 0 Å². The molecule has 23 heavy (non-hydrogen) atoms. The van der Waals surface area contributed by atoms with E-state index in [9.17, 15) is 9.59 Å². The third-order valence-corrected chi connectivity index (χ3v) is 4.10.